The lowest BCUT2D eigenvalue weighted by molar-refractivity contribution is -0.144. The number of thiophene rings is 1. The fraction of sp³-hybridized carbons (Fsp3) is 0.200. The molecule has 0 fully saturated rings. The Hall–Kier alpha value is -1.83. The van der Waals surface area contributed by atoms with E-state index in [1.165, 1.54) is 24.5 Å². The van der Waals surface area contributed by atoms with Crippen molar-refractivity contribution < 1.29 is 13.2 Å². The van der Waals surface area contributed by atoms with Gasteiger partial charge in [-0.1, -0.05) is 0 Å². The van der Waals surface area contributed by atoms with Crippen molar-refractivity contribution >= 4 is 28.7 Å². The summed E-state index contributed by atoms with van der Waals surface area (Å²) in [6.45, 7) is 0. The van der Waals surface area contributed by atoms with Crippen LogP contribution in [0.5, 0.6) is 0 Å². The third-order valence-electron chi connectivity index (χ3n) is 2.03. The lowest BCUT2D eigenvalue weighted by Gasteiger charge is -2.10. The SMILES string of the molecule is CNc1cc(Nc2ccsc2)nc(C(F)(F)F)n1. The average molecular weight is 274 g/mol. The lowest BCUT2D eigenvalue weighted by atomic mass is 10.4. The van der Waals surface area contributed by atoms with Gasteiger partial charge in [-0.15, -0.1) is 0 Å². The molecule has 0 bridgehead atoms. The summed E-state index contributed by atoms with van der Waals surface area (Å²) < 4.78 is 37.8. The van der Waals surface area contributed by atoms with Gasteiger partial charge in [0.15, 0.2) is 0 Å². The van der Waals surface area contributed by atoms with Gasteiger partial charge in [-0.3, -0.25) is 0 Å². The zero-order valence-electron chi connectivity index (χ0n) is 9.25. The molecule has 0 aliphatic rings. The topological polar surface area (TPSA) is 49.8 Å². The summed E-state index contributed by atoms with van der Waals surface area (Å²) in [6, 6.07) is 3.16. The lowest BCUT2D eigenvalue weighted by Crippen LogP contribution is -2.13. The Balaban J connectivity index is 2.35. The van der Waals surface area contributed by atoms with Gasteiger partial charge in [0.2, 0.25) is 5.82 Å². The van der Waals surface area contributed by atoms with E-state index < -0.39 is 12.0 Å². The van der Waals surface area contributed by atoms with Crippen molar-refractivity contribution in [2.75, 3.05) is 17.7 Å². The van der Waals surface area contributed by atoms with Crippen LogP contribution in [0.4, 0.5) is 30.5 Å². The average Bonchev–Trinajstić information content (AvgIpc) is 2.80. The molecule has 0 unspecified atom stereocenters. The molecule has 0 radical (unpaired) electrons. The van der Waals surface area contributed by atoms with Gasteiger partial charge in [0, 0.05) is 18.5 Å². The van der Waals surface area contributed by atoms with E-state index in [1.54, 1.807) is 11.4 Å². The zero-order valence-corrected chi connectivity index (χ0v) is 10.1. The second-order valence-electron chi connectivity index (χ2n) is 3.35. The number of alkyl halides is 3. The fourth-order valence-electron chi connectivity index (χ4n) is 1.25. The Kier molecular flexibility index (Phi) is 3.37. The van der Waals surface area contributed by atoms with E-state index in [0.717, 1.165) is 0 Å². The number of nitrogens with one attached hydrogen (secondary N) is 2. The molecule has 0 amide bonds. The second kappa shape index (κ2) is 4.81. The first-order valence-corrected chi connectivity index (χ1v) is 5.86. The molecule has 4 nitrogen and oxygen atoms in total. The van der Waals surface area contributed by atoms with Crippen molar-refractivity contribution in [3.63, 3.8) is 0 Å². The number of hydrogen-bond donors (Lipinski definition) is 2. The molecule has 8 heteroatoms. The molecule has 2 aromatic heterocycles. The van der Waals surface area contributed by atoms with Crippen LogP contribution in [-0.4, -0.2) is 17.0 Å². The van der Waals surface area contributed by atoms with Crippen LogP contribution in [0.1, 0.15) is 5.82 Å². The summed E-state index contributed by atoms with van der Waals surface area (Å²) in [4.78, 5) is 6.81. The molecule has 0 aliphatic carbocycles. The van der Waals surface area contributed by atoms with E-state index >= 15 is 0 Å². The Labute approximate surface area is 105 Å². The van der Waals surface area contributed by atoms with Crippen LogP contribution in [0.15, 0.2) is 22.9 Å². The molecule has 0 spiro atoms. The Bertz CT molecular complexity index is 524. The van der Waals surface area contributed by atoms with Crippen molar-refractivity contribution in [2.24, 2.45) is 0 Å². The molecule has 0 aromatic carbocycles. The highest BCUT2D eigenvalue weighted by molar-refractivity contribution is 7.08. The van der Waals surface area contributed by atoms with Gasteiger partial charge in [-0.2, -0.15) is 24.5 Å². The highest BCUT2D eigenvalue weighted by Crippen LogP contribution is 2.29. The van der Waals surface area contributed by atoms with E-state index in [0.29, 0.717) is 5.69 Å². The van der Waals surface area contributed by atoms with E-state index in [9.17, 15) is 13.2 Å². The van der Waals surface area contributed by atoms with Crippen molar-refractivity contribution in [1.29, 1.82) is 0 Å². The third kappa shape index (κ3) is 2.89. The Morgan fingerprint density at radius 2 is 1.94 bits per heavy atom. The monoisotopic (exact) mass is 274 g/mol. The Morgan fingerprint density at radius 3 is 2.50 bits per heavy atom. The van der Waals surface area contributed by atoms with E-state index in [2.05, 4.69) is 20.6 Å². The maximum absolute atomic E-state index is 12.6. The van der Waals surface area contributed by atoms with Crippen molar-refractivity contribution in [2.45, 2.75) is 6.18 Å². The maximum Gasteiger partial charge on any atom is 0.451 e. The molecule has 2 N–H and O–H groups in total. The van der Waals surface area contributed by atoms with Crippen LogP contribution in [0.25, 0.3) is 0 Å². The first-order valence-electron chi connectivity index (χ1n) is 4.92. The second-order valence-corrected chi connectivity index (χ2v) is 4.13. The van der Waals surface area contributed by atoms with Gasteiger partial charge < -0.3 is 10.6 Å². The molecule has 18 heavy (non-hydrogen) atoms. The number of halogens is 3. The number of hydrogen-bond acceptors (Lipinski definition) is 5. The molecule has 2 heterocycles. The zero-order chi connectivity index (χ0) is 13.2. The first kappa shape index (κ1) is 12.6. The summed E-state index contributed by atoms with van der Waals surface area (Å²) in [7, 11) is 1.50. The van der Waals surface area contributed by atoms with Crippen LogP contribution in [0.3, 0.4) is 0 Å². The first-order chi connectivity index (χ1) is 8.49. The highest BCUT2D eigenvalue weighted by atomic mass is 32.1. The van der Waals surface area contributed by atoms with Crippen molar-refractivity contribution in [1.82, 2.24) is 9.97 Å². The Morgan fingerprint density at radius 1 is 1.22 bits per heavy atom. The van der Waals surface area contributed by atoms with Gasteiger partial charge in [0.05, 0.1) is 5.69 Å². The molecule has 2 rings (SSSR count). The fourth-order valence-corrected chi connectivity index (χ4v) is 1.84. The standard InChI is InChI=1S/C10H9F3N4S/c1-14-7-4-8(15-6-2-3-18-5-6)17-9(16-7)10(11,12)13/h2-5H,1H3,(H2,14,15,16,17). The van der Waals surface area contributed by atoms with Gasteiger partial charge >= 0.3 is 6.18 Å². The molecular weight excluding hydrogens is 265 g/mol. The molecule has 0 aliphatic heterocycles. The predicted molar refractivity (Wildman–Crippen MR) is 64.2 cm³/mol. The van der Waals surface area contributed by atoms with Gasteiger partial charge in [0.1, 0.15) is 11.6 Å². The van der Waals surface area contributed by atoms with Gasteiger partial charge in [0.25, 0.3) is 0 Å². The quantitative estimate of drug-likeness (QED) is 0.901. The van der Waals surface area contributed by atoms with Crippen LogP contribution in [-0.2, 0) is 6.18 Å². The third-order valence-corrected chi connectivity index (χ3v) is 2.71. The molecule has 0 saturated carbocycles. The van der Waals surface area contributed by atoms with Crippen molar-refractivity contribution in [3.05, 3.63) is 28.7 Å². The molecule has 0 atom stereocenters. The molecular formula is C10H9F3N4S. The molecule has 0 saturated heterocycles. The van der Waals surface area contributed by atoms with Crippen LogP contribution in [0.2, 0.25) is 0 Å². The highest BCUT2D eigenvalue weighted by Gasteiger charge is 2.35. The van der Waals surface area contributed by atoms with Gasteiger partial charge in [-0.05, 0) is 11.4 Å². The minimum Gasteiger partial charge on any atom is -0.373 e. The molecule has 2 aromatic rings. The normalized spacial score (nSPS) is 11.3. The minimum absolute atomic E-state index is 0.0973. The van der Waals surface area contributed by atoms with Crippen molar-refractivity contribution in [3.8, 4) is 0 Å². The maximum atomic E-state index is 12.6. The van der Waals surface area contributed by atoms with E-state index in [-0.39, 0.29) is 11.6 Å². The van der Waals surface area contributed by atoms with Crippen LogP contribution < -0.4 is 10.6 Å². The summed E-state index contributed by atoms with van der Waals surface area (Å²) in [5.74, 6) is -0.970. The summed E-state index contributed by atoms with van der Waals surface area (Å²) in [6.07, 6.45) is -4.57. The predicted octanol–water partition coefficient (Wildman–Crippen LogP) is 3.34. The molecule has 96 valence electrons. The summed E-state index contributed by atoms with van der Waals surface area (Å²) in [5, 5.41) is 8.95. The van der Waals surface area contributed by atoms with Gasteiger partial charge in [-0.25, -0.2) is 9.97 Å². The largest absolute Gasteiger partial charge is 0.451 e. The van der Waals surface area contributed by atoms with Crippen LogP contribution >= 0.6 is 11.3 Å². The summed E-state index contributed by atoms with van der Waals surface area (Å²) >= 11 is 1.43. The number of aromatic nitrogens is 2. The van der Waals surface area contributed by atoms with E-state index in [4.69, 9.17) is 0 Å². The van der Waals surface area contributed by atoms with E-state index in [1.807, 2.05) is 5.38 Å². The number of nitrogens with zero attached hydrogens (tertiary/aromatic N) is 2. The summed E-state index contributed by atoms with van der Waals surface area (Å²) in [5.41, 5.74) is 0.689. The number of anilines is 3. The minimum atomic E-state index is -4.57. The smallest absolute Gasteiger partial charge is 0.373 e. The number of rotatable bonds is 3. The van der Waals surface area contributed by atoms with Crippen LogP contribution in [0, 0.1) is 0 Å².